The van der Waals surface area contributed by atoms with Gasteiger partial charge in [0.15, 0.2) is 0 Å². The molecule has 7 heteroatoms. The van der Waals surface area contributed by atoms with Crippen LogP contribution in [0.25, 0.3) is 0 Å². The number of hydrogen-bond acceptors (Lipinski definition) is 5. The van der Waals surface area contributed by atoms with Gasteiger partial charge < -0.3 is 26.0 Å². The molecule has 4 N–H and O–H groups in total. The summed E-state index contributed by atoms with van der Waals surface area (Å²) in [6.45, 7) is 4.49. The highest BCUT2D eigenvalue weighted by Crippen LogP contribution is 2.15. The summed E-state index contributed by atoms with van der Waals surface area (Å²) in [4.78, 5) is 27.0. The van der Waals surface area contributed by atoms with Crippen molar-refractivity contribution in [1.82, 2.24) is 15.5 Å². The van der Waals surface area contributed by atoms with Crippen molar-refractivity contribution in [2.45, 2.75) is 32.2 Å². The zero-order valence-electron chi connectivity index (χ0n) is 17.9. The average molecular weight is 425 g/mol. The van der Waals surface area contributed by atoms with Crippen LogP contribution in [0.5, 0.6) is 5.75 Å². The highest BCUT2D eigenvalue weighted by atomic mass is 16.3. The van der Waals surface area contributed by atoms with Gasteiger partial charge in [-0.1, -0.05) is 30.7 Å². The van der Waals surface area contributed by atoms with E-state index in [1.54, 1.807) is 36.4 Å². The molecule has 0 atom stereocenters. The first-order chi connectivity index (χ1) is 15.1. The highest BCUT2D eigenvalue weighted by molar-refractivity contribution is 5.97. The number of aromatic hydroxyl groups is 1. The second-order valence-corrected chi connectivity index (χ2v) is 7.84. The normalized spacial score (nSPS) is 14.2. The Balaban J connectivity index is 1.37. The predicted molar refractivity (Wildman–Crippen MR) is 122 cm³/mol. The summed E-state index contributed by atoms with van der Waals surface area (Å²) in [5, 5.41) is 18.7. The van der Waals surface area contributed by atoms with E-state index in [0.717, 1.165) is 25.2 Å². The number of amides is 2. The van der Waals surface area contributed by atoms with Gasteiger partial charge in [-0.05, 0) is 50.2 Å². The van der Waals surface area contributed by atoms with Crippen LogP contribution in [0.4, 0.5) is 5.69 Å². The first-order valence-electron chi connectivity index (χ1n) is 11.0. The number of phenols is 1. The monoisotopic (exact) mass is 424 g/mol. The summed E-state index contributed by atoms with van der Waals surface area (Å²) in [5.41, 5.74) is 1.96. The predicted octanol–water partition coefficient (Wildman–Crippen LogP) is 2.73. The Bertz CT molecular complexity index is 865. The fourth-order valence-corrected chi connectivity index (χ4v) is 3.65. The number of nitrogens with zero attached hydrogens (tertiary/aromatic N) is 1. The quantitative estimate of drug-likeness (QED) is 0.440. The Morgan fingerprint density at radius 1 is 0.968 bits per heavy atom. The number of rotatable bonds is 10. The van der Waals surface area contributed by atoms with Crippen LogP contribution in [0.2, 0.25) is 0 Å². The summed E-state index contributed by atoms with van der Waals surface area (Å²) in [6, 6.07) is 14.2. The number of carbonyl (C=O) groups excluding carboxylic acids is 2. The molecule has 0 radical (unpaired) electrons. The van der Waals surface area contributed by atoms with E-state index in [4.69, 9.17) is 0 Å². The molecule has 0 aliphatic carbocycles. The maximum atomic E-state index is 12.4. The summed E-state index contributed by atoms with van der Waals surface area (Å²) in [7, 11) is 0. The van der Waals surface area contributed by atoms with Gasteiger partial charge in [-0.25, -0.2) is 0 Å². The molecule has 0 bridgehead atoms. The summed E-state index contributed by atoms with van der Waals surface area (Å²) < 4.78 is 0. The lowest BCUT2D eigenvalue weighted by Crippen LogP contribution is -2.32. The van der Waals surface area contributed by atoms with Gasteiger partial charge >= 0.3 is 0 Å². The summed E-state index contributed by atoms with van der Waals surface area (Å²) in [6.07, 6.45) is 4.16. The minimum Gasteiger partial charge on any atom is -0.508 e. The third-order valence-corrected chi connectivity index (χ3v) is 5.41. The van der Waals surface area contributed by atoms with E-state index >= 15 is 0 Å². The van der Waals surface area contributed by atoms with E-state index < -0.39 is 0 Å². The molecule has 31 heavy (non-hydrogen) atoms. The molecule has 166 valence electrons. The number of nitrogens with one attached hydrogen (secondary N) is 3. The fraction of sp³-hybridized carbons (Fsp3) is 0.417. The van der Waals surface area contributed by atoms with Crippen LogP contribution < -0.4 is 16.0 Å². The number of phenolic OH excluding ortho intramolecular Hbond substituents is 1. The van der Waals surface area contributed by atoms with Gasteiger partial charge in [0.05, 0.1) is 0 Å². The molecule has 0 saturated carbocycles. The Kier molecular flexibility index (Phi) is 8.87. The minimum atomic E-state index is -0.186. The molecule has 2 aromatic carbocycles. The van der Waals surface area contributed by atoms with Crippen molar-refractivity contribution in [3.63, 3.8) is 0 Å². The lowest BCUT2D eigenvalue weighted by molar-refractivity contribution is -0.116. The van der Waals surface area contributed by atoms with Gasteiger partial charge in [0, 0.05) is 49.4 Å². The number of anilines is 1. The molecule has 1 saturated heterocycles. The molecule has 1 aliphatic heterocycles. The molecule has 1 aliphatic rings. The van der Waals surface area contributed by atoms with Crippen LogP contribution in [0, 0.1) is 0 Å². The molecule has 0 spiro atoms. The molecule has 1 heterocycles. The average Bonchev–Trinajstić information content (AvgIpc) is 2.79. The molecule has 2 aromatic rings. The summed E-state index contributed by atoms with van der Waals surface area (Å²) in [5.74, 6) is 0.0408. The van der Waals surface area contributed by atoms with Crippen molar-refractivity contribution >= 4 is 17.5 Å². The van der Waals surface area contributed by atoms with E-state index in [2.05, 4.69) is 20.9 Å². The van der Waals surface area contributed by atoms with Crippen molar-refractivity contribution in [2.24, 2.45) is 0 Å². The zero-order chi connectivity index (χ0) is 21.9. The van der Waals surface area contributed by atoms with Gasteiger partial charge in [0.25, 0.3) is 5.91 Å². The standard InChI is InChI=1S/C24H32N4O3/c29-22-10-3-2-7-20(22)18-25-12-13-26-24(31)19-8-6-9-21(17-19)27-23(30)11-16-28-14-4-1-5-15-28/h2-3,6-10,17,25,29H,1,4-5,11-16,18H2,(H,26,31)(H,27,30). The van der Waals surface area contributed by atoms with Crippen LogP contribution >= 0.6 is 0 Å². The van der Waals surface area contributed by atoms with Crippen LogP contribution in [0.15, 0.2) is 48.5 Å². The zero-order valence-corrected chi connectivity index (χ0v) is 17.9. The van der Waals surface area contributed by atoms with E-state index in [9.17, 15) is 14.7 Å². The maximum absolute atomic E-state index is 12.4. The highest BCUT2D eigenvalue weighted by Gasteiger charge is 2.12. The fourth-order valence-electron chi connectivity index (χ4n) is 3.65. The van der Waals surface area contributed by atoms with Crippen molar-refractivity contribution in [3.05, 3.63) is 59.7 Å². The molecule has 0 unspecified atom stereocenters. The molecular weight excluding hydrogens is 392 g/mol. The molecule has 0 aromatic heterocycles. The maximum Gasteiger partial charge on any atom is 0.251 e. The lowest BCUT2D eigenvalue weighted by atomic mass is 10.1. The number of benzene rings is 2. The van der Waals surface area contributed by atoms with Crippen molar-refractivity contribution < 1.29 is 14.7 Å². The Morgan fingerprint density at radius 3 is 2.58 bits per heavy atom. The number of piperidine rings is 1. The minimum absolute atomic E-state index is 0.0310. The van der Waals surface area contributed by atoms with E-state index in [0.29, 0.717) is 37.3 Å². The second-order valence-electron chi connectivity index (χ2n) is 7.84. The smallest absolute Gasteiger partial charge is 0.251 e. The van der Waals surface area contributed by atoms with Gasteiger partial charge in [-0.2, -0.15) is 0 Å². The molecule has 7 nitrogen and oxygen atoms in total. The molecule has 1 fully saturated rings. The third kappa shape index (κ3) is 7.70. The Hall–Kier alpha value is -2.90. The van der Waals surface area contributed by atoms with Crippen LogP contribution in [-0.2, 0) is 11.3 Å². The van der Waals surface area contributed by atoms with Crippen molar-refractivity contribution in [2.75, 3.05) is 38.0 Å². The first kappa shape index (κ1) is 22.8. The van der Waals surface area contributed by atoms with Crippen molar-refractivity contribution in [3.8, 4) is 5.75 Å². The summed E-state index contributed by atoms with van der Waals surface area (Å²) >= 11 is 0. The van der Waals surface area contributed by atoms with E-state index in [-0.39, 0.29) is 17.6 Å². The van der Waals surface area contributed by atoms with Crippen LogP contribution in [-0.4, -0.2) is 54.5 Å². The SMILES string of the molecule is O=C(CCN1CCCCC1)Nc1cccc(C(=O)NCCNCc2ccccc2O)c1. The lowest BCUT2D eigenvalue weighted by Gasteiger charge is -2.25. The van der Waals surface area contributed by atoms with Gasteiger partial charge in [0.1, 0.15) is 5.75 Å². The van der Waals surface area contributed by atoms with Gasteiger partial charge in [-0.15, -0.1) is 0 Å². The van der Waals surface area contributed by atoms with E-state index in [1.807, 2.05) is 12.1 Å². The second kappa shape index (κ2) is 12.1. The first-order valence-corrected chi connectivity index (χ1v) is 11.0. The van der Waals surface area contributed by atoms with Gasteiger partial charge in [-0.3, -0.25) is 9.59 Å². The third-order valence-electron chi connectivity index (χ3n) is 5.41. The van der Waals surface area contributed by atoms with Crippen LogP contribution in [0.3, 0.4) is 0 Å². The Labute approximate surface area is 183 Å². The topological polar surface area (TPSA) is 93.7 Å². The molecule has 3 rings (SSSR count). The van der Waals surface area contributed by atoms with E-state index in [1.165, 1.54) is 19.3 Å². The number of hydrogen-bond donors (Lipinski definition) is 4. The molecular formula is C24H32N4O3. The van der Waals surface area contributed by atoms with Crippen LogP contribution in [0.1, 0.15) is 41.6 Å². The number of likely N-dealkylation sites (tertiary alicyclic amines) is 1. The van der Waals surface area contributed by atoms with Crippen molar-refractivity contribution in [1.29, 1.82) is 0 Å². The van der Waals surface area contributed by atoms with Gasteiger partial charge in [0.2, 0.25) is 5.91 Å². The Morgan fingerprint density at radius 2 is 1.77 bits per heavy atom. The molecule has 2 amide bonds. The largest absolute Gasteiger partial charge is 0.508 e. The number of carbonyl (C=O) groups is 2. The number of para-hydroxylation sites is 1.